The van der Waals surface area contributed by atoms with Gasteiger partial charge in [0, 0.05) is 18.7 Å². The van der Waals surface area contributed by atoms with Gasteiger partial charge in [0.15, 0.2) is 0 Å². The maximum Gasteiger partial charge on any atom is 0.290 e. The average Bonchev–Trinajstić information content (AvgIpc) is 2.45. The summed E-state index contributed by atoms with van der Waals surface area (Å²) in [6, 6.07) is 1.82. The van der Waals surface area contributed by atoms with Crippen LogP contribution in [-0.2, 0) is 0 Å². The lowest BCUT2D eigenvalue weighted by Gasteiger charge is -2.33. The van der Waals surface area contributed by atoms with Crippen LogP contribution in [0.25, 0.3) is 0 Å². The highest BCUT2D eigenvalue weighted by atomic mass is 16.6. The second-order valence-electron chi connectivity index (χ2n) is 5.32. The summed E-state index contributed by atoms with van der Waals surface area (Å²) in [7, 11) is 0. The van der Waals surface area contributed by atoms with Crippen LogP contribution in [-0.4, -0.2) is 36.1 Å². The molecule has 0 unspecified atom stereocenters. The Balaban J connectivity index is 1.97. The van der Waals surface area contributed by atoms with Gasteiger partial charge in [-0.1, -0.05) is 6.92 Å². The normalized spacial score (nSPS) is 16.4. The van der Waals surface area contributed by atoms with E-state index in [0.717, 1.165) is 50.8 Å². The standard InChI is InChI=1S/C14H22N4O2/c1-3-15-9-12-4-6-17(7-5-12)14-8-11(2)13(10-16-14)18(19)20/h8,10,12,15H,3-7,9H2,1-2H3. The van der Waals surface area contributed by atoms with Gasteiger partial charge in [-0.15, -0.1) is 0 Å². The molecule has 6 heteroatoms. The molecule has 0 spiro atoms. The third-order valence-electron chi connectivity index (χ3n) is 3.89. The topological polar surface area (TPSA) is 71.3 Å². The minimum absolute atomic E-state index is 0.0933. The Morgan fingerprint density at radius 1 is 1.50 bits per heavy atom. The lowest BCUT2D eigenvalue weighted by Crippen LogP contribution is -2.37. The van der Waals surface area contributed by atoms with Gasteiger partial charge in [-0.05, 0) is 44.8 Å². The fourth-order valence-corrected chi connectivity index (χ4v) is 2.61. The summed E-state index contributed by atoms with van der Waals surface area (Å²) in [5.74, 6) is 1.58. The number of aryl methyl sites for hydroxylation is 1. The molecule has 0 atom stereocenters. The summed E-state index contributed by atoms with van der Waals surface area (Å²) in [4.78, 5) is 16.9. The molecule has 6 nitrogen and oxygen atoms in total. The number of pyridine rings is 1. The fourth-order valence-electron chi connectivity index (χ4n) is 2.61. The van der Waals surface area contributed by atoms with Gasteiger partial charge in [0.25, 0.3) is 5.69 Å². The van der Waals surface area contributed by atoms with E-state index in [1.165, 1.54) is 6.20 Å². The van der Waals surface area contributed by atoms with Crippen molar-refractivity contribution in [2.75, 3.05) is 31.1 Å². The molecular weight excluding hydrogens is 256 g/mol. The number of hydrogen-bond donors (Lipinski definition) is 1. The molecule has 0 amide bonds. The first kappa shape index (κ1) is 14.7. The molecule has 1 fully saturated rings. The van der Waals surface area contributed by atoms with Crippen LogP contribution in [0.4, 0.5) is 11.5 Å². The second-order valence-corrected chi connectivity index (χ2v) is 5.32. The van der Waals surface area contributed by atoms with Gasteiger partial charge < -0.3 is 10.2 Å². The van der Waals surface area contributed by atoms with E-state index < -0.39 is 0 Å². The lowest BCUT2D eigenvalue weighted by molar-refractivity contribution is -0.385. The number of nitrogens with one attached hydrogen (secondary N) is 1. The van der Waals surface area contributed by atoms with E-state index in [-0.39, 0.29) is 10.6 Å². The Hall–Kier alpha value is -1.69. The third-order valence-corrected chi connectivity index (χ3v) is 3.89. The number of aromatic nitrogens is 1. The van der Waals surface area contributed by atoms with Crippen LogP contribution in [0.2, 0.25) is 0 Å². The summed E-state index contributed by atoms with van der Waals surface area (Å²) < 4.78 is 0. The van der Waals surface area contributed by atoms with Crippen LogP contribution in [0.1, 0.15) is 25.3 Å². The van der Waals surface area contributed by atoms with E-state index >= 15 is 0 Å². The summed E-state index contributed by atoms with van der Waals surface area (Å²) in [6.07, 6.45) is 3.66. The predicted molar refractivity (Wildman–Crippen MR) is 79.1 cm³/mol. The van der Waals surface area contributed by atoms with Crippen molar-refractivity contribution in [2.45, 2.75) is 26.7 Å². The zero-order valence-corrected chi connectivity index (χ0v) is 12.1. The first-order chi connectivity index (χ1) is 9.61. The Morgan fingerprint density at radius 2 is 2.20 bits per heavy atom. The molecule has 20 heavy (non-hydrogen) atoms. The molecule has 2 heterocycles. The van der Waals surface area contributed by atoms with E-state index in [4.69, 9.17) is 0 Å². The first-order valence-corrected chi connectivity index (χ1v) is 7.18. The summed E-state index contributed by atoms with van der Waals surface area (Å²) in [5, 5.41) is 14.2. The van der Waals surface area contributed by atoms with E-state index in [0.29, 0.717) is 5.56 Å². The Kier molecular flexibility index (Phi) is 4.89. The predicted octanol–water partition coefficient (Wildman–Crippen LogP) is 2.12. The van der Waals surface area contributed by atoms with Crippen molar-refractivity contribution in [3.63, 3.8) is 0 Å². The van der Waals surface area contributed by atoms with Gasteiger partial charge in [-0.3, -0.25) is 10.1 Å². The summed E-state index contributed by atoms with van der Waals surface area (Å²) in [6.45, 7) is 7.93. The zero-order valence-electron chi connectivity index (χ0n) is 12.1. The van der Waals surface area contributed by atoms with Crippen LogP contribution in [0.15, 0.2) is 12.3 Å². The van der Waals surface area contributed by atoms with Crippen LogP contribution in [0, 0.1) is 23.0 Å². The molecule has 1 aromatic heterocycles. The maximum atomic E-state index is 10.8. The Labute approximate surface area is 119 Å². The molecule has 0 radical (unpaired) electrons. The number of piperidine rings is 1. The van der Waals surface area contributed by atoms with Crippen LogP contribution in [0.3, 0.4) is 0 Å². The number of anilines is 1. The SMILES string of the molecule is CCNCC1CCN(c2cc(C)c([N+](=O)[O-])cn2)CC1. The minimum atomic E-state index is -0.380. The van der Waals surface area contributed by atoms with Crippen molar-refractivity contribution >= 4 is 11.5 Å². The summed E-state index contributed by atoms with van der Waals surface area (Å²) in [5.41, 5.74) is 0.769. The number of nitro groups is 1. The van der Waals surface area contributed by atoms with Gasteiger partial charge in [-0.2, -0.15) is 0 Å². The van der Waals surface area contributed by atoms with Crippen molar-refractivity contribution in [1.82, 2.24) is 10.3 Å². The highest BCUT2D eigenvalue weighted by Crippen LogP contribution is 2.25. The first-order valence-electron chi connectivity index (χ1n) is 7.18. The monoisotopic (exact) mass is 278 g/mol. The largest absolute Gasteiger partial charge is 0.357 e. The second kappa shape index (κ2) is 6.65. The molecule has 0 aliphatic carbocycles. The average molecular weight is 278 g/mol. The maximum absolute atomic E-state index is 10.8. The Bertz CT molecular complexity index is 470. The highest BCUT2D eigenvalue weighted by molar-refractivity contribution is 5.48. The van der Waals surface area contributed by atoms with E-state index in [9.17, 15) is 10.1 Å². The van der Waals surface area contributed by atoms with Gasteiger partial charge in [-0.25, -0.2) is 4.98 Å². The van der Waals surface area contributed by atoms with E-state index in [1.807, 2.05) is 6.07 Å². The molecule has 1 aliphatic heterocycles. The molecule has 2 rings (SSSR count). The third kappa shape index (κ3) is 3.45. The molecule has 0 aromatic carbocycles. The van der Waals surface area contributed by atoms with E-state index in [2.05, 4.69) is 22.1 Å². The van der Waals surface area contributed by atoms with Gasteiger partial charge >= 0.3 is 0 Å². The van der Waals surface area contributed by atoms with Crippen LogP contribution in [0.5, 0.6) is 0 Å². The van der Waals surface area contributed by atoms with Crippen LogP contribution >= 0.6 is 0 Å². The van der Waals surface area contributed by atoms with Crippen molar-refractivity contribution in [2.24, 2.45) is 5.92 Å². The van der Waals surface area contributed by atoms with Crippen molar-refractivity contribution in [1.29, 1.82) is 0 Å². The molecular formula is C14H22N4O2. The van der Waals surface area contributed by atoms with Crippen molar-refractivity contribution in [3.8, 4) is 0 Å². The number of rotatable bonds is 5. The molecule has 110 valence electrons. The van der Waals surface area contributed by atoms with Crippen molar-refractivity contribution < 1.29 is 4.92 Å². The van der Waals surface area contributed by atoms with Gasteiger partial charge in [0.2, 0.25) is 0 Å². The quantitative estimate of drug-likeness (QED) is 0.660. The Morgan fingerprint density at radius 3 is 2.75 bits per heavy atom. The molecule has 1 aliphatic rings. The molecule has 1 aromatic rings. The molecule has 1 saturated heterocycles. The minimum Gasteiger partial charge on any atom is -0.357 e. The summed E-state index contributed by atoms with van der Waals surface area (Å²) >= 11 is 0. The fraction of sp³-hybridized carbons (Fsp3) is 0.643. The highest BCUT2D eigenvalue weighted by Gasteiger charge is 2.21. The molecule has 1 N–H and O–H groups in total. The smallest absolute Gasteiger partial charge is 0.290 e. The molecule has 0 saturated carbocycles. The lowest BCUT2D eigenvalue weighted by atomic mass is 9.96. The van der Waals surface area contributed by atoms with Crippen LogP contribution < -0.4 is 10.2 Å². The zero-order chi connectivity index (χ0) is 14.5. The van der Waals surface area contributed by atoms with Gasteiger partial charge in [0.1, 0.15) is 12.0 Å². The van der Waals surface area contributed by atoms with Gasteiger partial charge in [0.05, 0.1) is 4.92 Å². The molecule has 0 bridgehead atoms. The number of hydrogen-bond acceptors (Lipinski definition) is 5. The van der Waals surface area contributed by atoms with Crippen molar-refractivity contribution in [3.05, 3.63) is 27.9 Å². The van der Waals surface area contributed by atoms with E-state index in [1.54, 1.807) is 6.92 Å². The number of nitrogens with zero attached hydrogens (tertiary/aromatic N) is 3.